The van der Waals surface area contributed by atoms with E-state index in [0.717, 1.165) is 114 Å². The zero-order valence-electron chi connectivity index (χ0n) is 56.6. The lowest BCUT2D eigenvalue weighted by molar-refractivity contribution is -0.161. The highest BCUT2D eigenvalue weighted by atomic mass is 31.2. The van der Waals surface area contributed by atoms with Gasteiger partial charge in [0, 0.05) is 25.7 Å². The molecule has 17 nitrogen and oxygen atoms in total. The van der Waals surface area contributed by atoms with E-state index in [1.165, 1.54) is 128 Å². The number of phosphoric acid groups is 2. The molecule has 516 valence electrons. The Kier molecular flexibility index (Phi) is 56.6. The molecule has 0 aromatic carbocycles. The molecule has 0 aliphatic rings. The molecule has 6 atom stereocenters. The summed E-state index contributed by atoms with van der Waals surface area (Å²) in [5.41, 5.74) is 0. The maximum atomic E-state index is 13.0. The summed E-state index contributed by atoms with van der Waals surface area (Å²) in [5, 5.41) is 10.6. The van der Waals surface area contributed by atoms with Gasteiger partial charge in [0.2, 0.25) is 0 Å². The first-order valence-electron chi connectivity index (χ1n) is 35.2. The fraction of sp³-hybridized carbons (Fsp3) is 0.941. The number of carbonyl (C=O) groups excluding carboxylic acids is 4. The van der Waals surface area contributed by atoms with Gasteiger partial charge in [0.1, 0.15) is 19.3 Å². The van der Waals surface area contributed by atoms with Gasteiger partial charge in [-0.25, -0.2) is 9.13 Å². The number of ether oxygens (including phenoxy) is 4. The van der Waals surface area contributed by atoms with Crippen LogP contribution in [0.1, 0.15) is 331 Å². The molecule has 0 amide bonds. The molecule has 0 aliphatic carbocycles. The molecular formula is C68H132O17P2. The average Bonchev–Trinajstić information content (AvgIpc) is 3.68. The third kappa shape index (κ3) is 61.3. The number of hydrogen-bond acceptors (Lipinski definition) is 15. The van der Waals surface area contributed by atoms with E-state index in [0.29, 0.717) is 31.6 Å². The van der Waals surface area contributed by atoms with E-state index in [9.17, 15) is 43.2 Å². The lowest BCUT2D eigenvalue weighted by atomic mass is 10.00. The van der Waals surface area contributed by atoms with Crippen LogP contribution in [-0.4, -0.2) is 96.7 Å². The van der Waals surface area contributed by atoms with Crippen molar-refractivity contribution in [2.24, 2.45) is 23.7 Å². The van der Waals surface area contributed by atoms with Crippen LogP contribution in [0.5, 0.6) is 0 Å². The molecule has 0 saturated carbocycles. The average molecular weight is 1280 g/mol. The predicted molar refractivity (Wildman–Crippen MR) is 349 cm³/mol. The van der Waals surface area contributed by atoms with Crippen LogP contribution in [0.2, 0.25) is 0 Å². The van der Waals surface area contributed by atoms with Crippen molar-refractivity contribution in [2.45, 2.75) is 350 Å². The van der Waals surface area contributed by atoms with E-state index >= 15 is 0 Å². The Morgan fingerprint density at radius 2 is 0.552 bits per heavy atom. The molecule has 0 saturated heterocycles. The molecule has 3 N–H and O–H groups in total. The molecule has 0 radical (unpaired) electrons. The minimum Gasteiger partial charge on any atom is -0.462 e. The quantitative estimate of drug-likeness (QED) is 0.0222. The maximum absolute atomic E-state index is 13.0. The molecule has 87 heavy (non-hydrogen) atoms. The monoisotopic (exact) mass is 1280 g/mol. The predicted octanol–water partition coefficient (Wildman–Crippen LogP) is 18.9. The molecule has 0 spiro atoms. The molecule has 0 aromatic heterocycles. The number of esters is 4. The molecule has 0 bridgehead atoms. The molecule has 0 aromatic rings. The lowest BCUT2D eigenvalue weighted by Gasteiger charge is -2.21. The van der Waals surface area contributed by atoms with Crippen LogP contribution >= 0.6 is 15.6 Å². The van der Waals surface area contributed by atoms with Gasteiger partial charge in [0.15, 0.2) is 12.2 Å². The van der Waals surface area contributed by atoms with Gasteiger partial charge in [-0.2, -0.15) is 0 Å². The Morgan fingerprint density at radius 1 is 0.322 bits per heavy atom. The third-order valence-electron chi connectivity index (χ3n) is 15.9. The van der Waals surface area contributed by atoms with Gasteiger partial charge in [-0.05, 0) is 49.4 Å². The topological polar surface area (TPSA) is 237 Å². The van der Waals surface area contributed by atoms with Gasteiger partial charge in [-0.1, -0.05) is 280 Å². The summed E-state index contributed by atoms with van der Waals surface area (Å²) in [4.78, 5) is 72.4. The molecule has 4 unspecified atom stereocenters. The Labute approximate surface area is 530 Å². The summed E-state index contributed by atoms with van der Waals surface area (Å²) >= 11 is 0. The van der Waals surface area contributed by atoms with Crippen LogP contribution in [-0.2, 0) is 65.4 Å². The minimum atomic E-state index is -4.95. The van der Waals surface area contributed by atoms with Crippen LogP contribution in [0.4, 0.5) is 0 Å². The Morgan fingerprint density at radius 3 is 0.816 bits per heavy atom. The molecule has 19 heteroatoms. The van der Waals surface area contributed by atoms with Gasteiger partial charge < -0.3 is 33.8 Å². The van der Waals surface area contributed by atoms with Crippen molar-refractivity contribution in [3.63, 3.8) is 0 Å². The fourth-order valence-corrected chi connectivity index (χ4v) is 11.7. The first-order valence-corrected chi connectivity index (χ1v) is 38.2. The normalized spacial score (nSPS) is 14.6. The first-order chi connectivity index (χ1) is 41.6. The second-order valence-electron chi connectivity index (χ2n) is 26.2. The zero-order chi connectivity index (χ0) is 64.7. The minimum absolute atomic E-state index is 0.102. The number of aliphatic hydroxyl groups excluding tert-OH is 1. The van der Waals surface area contributed by atoms with Crippen LogP contribution in [0.15, 0.2) is 0 Å². The van der Waals surface area contributed by atoms with Gasteiger partial charge in [-0.15, -0.1) is 0 Å². The van der Waals surface area contributed by atoms with E-state index in [-0.39, 0.29) is 25.7 Å². The Hall–Kier alpha value is -1.94. The van der Waals surface area contributed by atoms with E-state index < -0.39 is 97.5 Å². The van der Waals surface area contributed by atoms with E-state index in [1.807, 2.05) is 0 Å². The number of aliphatic hydroxyl groups is 1. The lowest BCUT2D eigenvalue weighted by Crippen LogP contribution is -2.30. The summed E-state index contributed by atoms with van der Waals surface area (Å²) < 4.78 is 68.2. The van der Waals surface area contributed by atoms with Gasteiger partial charge in [0.25, 0.3) is 0 Å². The van der Waals surface area contributed by atoms with E-state index in [1.54, 1.807) is 0 Å². The van der Waals surface area contributed by atoms with Crippen molar-refractivity contribution in [1.82, 2.24) is 0 Å². The summed E-state index contributed by atoms with van der Waals surface area (Å²) in [7, 11) is -9.90. The van der Waals surface area contributed by atoms with Gasteiger partial charge in [-0.3, -0.25) is 37.3 Å². The summed E-state index contributed by atoms with van der Waals surface area (Å²) in [5.74, 6) is 0.804. The van der Waals surface area contributed by atoms with Gasteiger partial charge in [0.05, 0.1) is 26.4 Å². The maximum Gasteiger partial charge on any atom is 0.472 e. The van der Waals surface area contributed by atoms with Crippen molar-refractivity contribution in [2.75, 3.05) is 39.6 Å². The van der Waals surface area contributed by atoms with E-state index in [4.69, 9.17) is 37.0 Å². The number of unbranched alkanes of at least 4 members (excludes halogenated alkanes) is 30. The second kappa shape index (κ2) is 57.9. The van der Waals surface area contributed by atoms with Crippen LogP contribution in [0.25, 0.3) is 0 Å². The number of rotatable bonds is 65. The number of hydrogen-bond donors (Lipinski definition) is 3. The Bertz CT molecular complexity index is 1730. The van der Waals surface area contributed by atoms with E-state index in [2.05, 4.69) is 55.4 Å². The molecule has 0 heterocycles. The third-order valence-corrected chi connectivity index (χ3v) is 17.8. The van der Waals surface area contributed by atoms with Crippen LogP contribution in [0.3, 0.4) is 0 Å². The SMILES string of the molecule is CCC(C)CCCCCCCCC(=O)OC[C@H](COP(=O)(O)OCC(O)COP(=O)(O)OC[C@@H](COC(=O)CCCCCCCCCCC(C)C)OC(=O)CCCCCCCCCC(C)C)OC(=O)CCCCCCCCCCCCCCCC(C)C. The summed E-state index contributed by atoms with van der Waals surface area (Å²) in [6.45, 7) is 14.0. The van der Waals surface area contributed by atoms with Crippen molar-refractivity contribution in [3.05, 3.63) is 0 Å². The van der Waals surface area contributed by atoms with Gasteiger partial charge >= 0.3 is 39.5 Å². The van der Waals surface area contributed by atoms with Crippen molar-refractivity contribution >= 4 is 39.5 Å². The second-order valence-corrected chi connectivity index (χ2v) is 29.1. The highest BCUT2D eigenvalue weighted by Crippen LogP contribution is 2.45. The fourth-order valence-electron chi connectivity index (χ4n) is 10.1. The van der Waals surface area contributed by atoms with Crippen LogP contribution in [0, 0.1) is 23.7 Å². The van der Waals surface area contributed by atoms with Crippen molar-refractivity contribution in [3.8, 4) is 0 Å². The zero-order valence-corrected chi connectivity index (χ0v) is 58.4. The smallest absolute Gasteiger partial charge is 0.462 e. The Balaban J connectivity index is 5.24. The molecule has 0 rings (SSSR count). The number of phosphoric ester groups is 2. The molecule has 0 aliphatic heterocycles. The molecular weight excluding hydrogens is 1150 g/mol. The van der Waals surface area contributed by atoms with Crippen molar-refractivity contribution in [1.29, 1.82) is 0 Å². The summed E-state index contributed by atoms with van der Waals surface area (Å²) in [6.07, 6.45) is 39.1. The molecule has 0 fully saturated rings. The largest absolute Gasteiger partial charge is 0.472 e. The number of carbonyl (C=O) groups is 4. The van der Waals surface area contributed by atoms with Crippen LogP contribution < -0.4 is 0 Å². The highest BCUT2D eigenvalue weighted by molar-refractivity contribution is 7.47. The highest BCUT2D eigenvalue weighted by Gasteiger charge is 2.30. The van der Waals surface area contributed by atoms with Crippen molar-refractivity contribution < 1.29 is 80.2 Å². The first kappa shape index (κ1) is 85.1. The standard InChI is InChI=1S/C68H132O17P2/c1-9-61(8)47-39-31-26-27-33-41-49-66(71)79-55-64(84-67(72)50-42-34-24-16-14-12-10-11-13-15-20-28-36-44-58(2)3)57-83-87(76,77)81-53-62(69)52-80-86(74,75)82-56-63(85-68(73)51-43-35-25-19-22-30-38-46-60(6)7)54-78-65(70)48-40-32-23-18-17-21-29-37-45-59(4)5/h58-64,69H,9-57H2,1-8H3,(H,74,75)(H,76,77)/t61?,62?,63-,64-/m1/s1. The summed E-state index contributed by atoms with van der Waals surface area (Å²) in [6, 6.07) is 0.